The summed E-state index contributed by atoms with van der Waals surface area (Å²) >= 11 is 0. The molecule has 1 atom stereocenters. The van der Waals surface area contributed by atoms with E-state index in [1.54, 1.807) is 17.0 Å². The molecule has 2 amide bonds. The van der Waals surface area contributed by atoms with Gasteiger partial charge in [0.05, 0.1) is 24.6 Å². The largest absolute Gasteiger partial charge is 0.458 e. The summed E-state index contributed by atoms with van der Waals surface area (Å²) in [7, 11) is 0. The van der Waals surface area contributed by atoms with Crippen molar-refractivity contribution in [2.45, 2.75) is 18.9 Å². The highest BCUT2D eigenvalue weighted by Gasteiger charge is 2.26. The van der Waals surface area contributed by atoms with Crippen LogP contribution < -0.4 is 10.1 Å². The monoisotopic (exact) mass is 334 g/mol. The summed E-state index contributed by atoms with van der Waals surface area (Å²) in [5, 5.41) is 2.55. The Balaban J connectivity index is 1.59. The third-order valence-corrected chi connectivity index (χ3v) is 3.65. The van der Waals surface area contributed by atoms with Gasteiger partial charge in [-0.2, -0.15) is 0 Å². The van der Waals surface area contributed by atoms with E-state index in [-0.39, 0.29) is 17.8 Å². The van der Waals surface area contributed by atoms with Gasteiger partial charge in [0, 0.05) is 6.54 Å². The molecule has 0 aliphatic carbocycles. The first kappa shape index (κ1) is 16.1. The fraction of sp³-hybridized carbons (Fsp3) is 0.312. The summed E-state index contributed by atoms with van der Waals surface area (Å²) in [6, 6.07) is 5.65. The number of carbonyl (C=O) groups excluding carboxylic acids is 1. The number of halogens is 2. The molecule has 0 spiro atoms. The van der Waals surface area contributed by atoms with Crippen LogP contribution in [0, 0.1) is 11.6 Å². The Morgan fingerprint density at radius 3 is 2.75 bits per heavy atom. The summed E-state index contributed by atoms with van der Waals surface area (Å²) in [6.45, 7) is 0.867. The van der Waals surface area contributed by atoms with Crippen molar-refractivity contribution < 1.29 is 18.3 Å². The third-order valence-electron chi connectivity index (χ3n) is 3.65. The maximum Gasteiger partial charge on any atom is 0.322 e. The topological polar surface area (TPSA) is 67.4 Å². The quantitative estimate of drug-likeness (QED) is 0.937. The lowest BCUT2D eigenvalue weighted by molar-refractivity contribution is 0.0980. The maximum absolute atomic E-state index is 13.6. The number of benzene rings is 1. The lowest BCUT2D eigenvalue weighted by atomic mass is 10.1. The van der Waals surface area contributed by atoms with Gasteiger partial charge >= 0.3 is 12.0 Å². The van der Waals surface area contributed by atoms with Crippen molar-refractivity contribution in [1.82, 2.24) is 14.9 Å². The lowest BCUT2D eigenvalue weighted by Crippen LogP contribution is -2.46. The van der Waals surface area contributed by atoms with E-state index in [1.165, 1.54) is 12.1 Å². The maximum atomic E-state index is 13.6. The van der Waals surface area contributed by atoms with Crippen molar-refractivity contribution in [2.75, 3.05) is 18.4 Å². The lowest BCUT2D eigenvalue weighted by Gasteiger charge is -2.32. The molecule has 2 aromatic rings. The Bertz CT molecular complexity index is 711. The van der Waals surface area contributed by atoms with E-state index in [1.807, 2.05) is 0 Å². The number of anilines is 1. The second-order valence-corrected chi connectivity index (χ2v) is 5.42. The molecule has 1 aliphatic rings. The molecule has 8 heteroatoms. The smallest absolute Gasteiger partial charge is 0.322 e. The molecule has 1 aliphatic heterocycles. The zero-order valence-corrected chi connectivity index (χ0v) is 12.8. The fourth-order valence-corrected chi connectivity index (χ4v) is 2.49. The number of rotatable bonds is 3. The van der Waals surface area contributed by atoms with Crippen LogP contribution in [0.15, 0.2) is 36.7 Å². The number of nitrogens with one attached hydrogen (secondary N) is 1. The number of nitrogens with zero attached hydrogens (tertiary/aromatic N) is 3. The Morgan fingerprint density at radius 1 is 1.25 bits per heavy atom. The second-order valence-electron chi connectivity index (χ2n) is 5.42. The van der Waals surface area contributed by atoms with Gasteiger partial charge in [0.1, 0.15) is 11.9 Å². The molecule has 0 bridgehead atoms. The van der Waals surface area contributed by atoms with E-state index in [4.69, 9.17) is 4.74 Å². The average molecular weight is 334 g/mol. The van der Waals surface area contributed by atoms with Gasteiger partial charge in [-0.25, -0.2) is 23.5 Å². The van der Waals surface area contributed by atoms with E-state index in [9.17, 15) is 13.6 Å². The van der Waals surface area contributed by atoms with Crippen molar-refractivity contribution in [3.63, 3.8) is 0 Å². The molecule has 3 rings (SSSR count). The zero-order chi connectivity index (χ0) is 16.9. The van der Waals surface area contributed by atoms with Crippen LogP contribution in [0.1, 0.15) is 12.8 Å². The van der Waals surface area contributed by atoms with Crippen molar-refractivity contribution in [3.8, 4) is 6.01 Å². The van der Waals surface area contributed by atoms with Gasteiger partial charge in [0.2, 0.25) is 0 Å². The minimum Gasteiger partial charge on any atom is -0.458 e. The normalized spacial score (nSPS) is 17.4. The minimum absolute atomic E-state index is 0.0674. The van der Waals surface area contributed by atoms with E-state index in [2.05, 4.69) is 15.3 Å². The average Bonchev–Trinajstić information content (AvgIpc) is 2.59. The third kappa shape index (κ3) is 3.95. The summed E-state index contributed by atoms with van der Waals surface area (Å²) in [5.41, 5.74) is 0.132. The molecule has 1 N–H and O–H groups in total. The van der Waals surface area contributed by atoms with Crippen molar-refractivity contribution in [3.05, 3.63) is 48.3 Å². The van der Waals surface area contributed by atoms with E-state index < -0.39 is 17.7 Å². The van der Waals surface area contributed by atoms with Crippen LogP contribution >= 0.6 is 0 Å². The number of amides is 2. The zero-order valence-electron chi connectivity index (χ0n) is 12.8. The van der Waals surface area contributed by atoms with Crippen LogP contribution in [0.4, 0.5) is 19.3 Å². The summed E-state index contributed by atoms with van der Waals surface area (Å²) < 4.78 is 32.0. The highest BCUT2D eigenvalue weighted by molar-refractivity contribution is 5.89. The number of hydrogen-bond acceptors (Lipinski definition) is 4. The van der Waals surface area contributed by atoms with Gasteiger partial charge in [0.25, 0.3) is 0 Å². The Morgan fingerprint density at radius 2 is 2.00 bits per heavy atom. The van der Waals surface area contributed by atoms with E-state index >= 15 is 0 Å². The predicted octanol–water partition coefficient (Wildman–Crippen LogP) is 2.83. The van der Waals surface area contributed by atoms with Gasteiger partial charge in [0.15, 0.2) is 5.82 Å². The standard InChI is InChI=1S/C16H16F2N4O2/c17-11-8-19-15(20-9-11)24-12-4-3-7-22(10-12)16(23)21-14-6-2-1-5-13(14)18/h1-2,5-6,8-9,12H,3-4,7,10H2,(H,21,23). The highest BCUT2D eigenvalue weighted by Crippen LogP contribution is 2.18. The number of para-hydroxylation sites is 1. The number of piperidine rings is 1. The Kier molecular flexibility index (Phi) is 4.83. The second kappa shape index (κ2) is 7.20. The number of ether oxygens (including phenoxy) is 1. The molecule has 126 valence electrons. The molecular formula is C16H16F2N4O2. The van der Waals surface area contributed by atoms with Gasteiger partial charge in [-0.3, -0.25) is 0 Å². The predicted molar refractivity (Wildman–Crippen MR) is 82.6 cm³/mol. The van der Waals surface area contributed by atoms with Crippen LogP contribution in [0.25, 0.3) is 0 Å². The Labute approximate surface area is 137 Å². The summed E-state index contributed by atoms with van der Waals surface area (Å²) in [5.74, 6) is -1.03. The minimum atomic E-state index is -0.545. The van der Waals surface area contributed by atoms with Gasteiger partial charge in [-0.15, -0.1) is 0 Å². The molecule has 0 saturated carbocycles. The molecule has 1 aromatic heterocycles. The van der Waals surface area contributed by atoms with E-state index in [0.717, 1.165) is 25.2 Å². The molecule has 1 saturated heterocycles. The number of hydrogen-bond donors (Lipinski definition) is 1. The first-order chi connectivity index (χ1) is 11.6. The molecule has 2 heterocycles. The van der Waals surface area contributed by atoms with E-state index in [0.29, 0.717) is 13.1 Å². The van der Waals surface area contributed by atoms with Crippen LogP contribution in [0.2, 0.25) is 0 Å². The van der Waals surface area contributed by atoms with Crippen molar-refractivity contribution in [2.24, 2.45) is 0 Å². The fourth-order valence-electron chi connectivity index (χ4n) is 2.49. The van der Waals surface area contributed by atoms with Crippen LogP contribution in [-0.4, -0.2) is 40.1 Å². The van der Waals surface area contributed by atoms with Crippen molar-refractivity contribution >= 4 is 11.7 Å². The van der Waals surface area contributed by atoms with Gasteiger partial charge in [-0.1, -0.05) is 12.1 Å². The van der Waals surface area contributed by atoms with Gasteiger partial charge in [-0.05, 0) is 25.0 Å². The summed E-state index contributed by atoms with van der Waals surface area (Å²) in [4.78, 5) is 21.3. The molecule has 24 heavy (non-hydrogen) atoms. The molecule has 6 nitrogen and oxygen atoms in total. The highest BCUT2D eigenvalue weighted by atomic mass is 19.1. The van der Waals surface area contributed by atoms with Crippen LogP contribution in [0.3, 0.4) is 0 Å². The number of carbonyl (C=O) groups is 1. The van der Waals surface area contributed by atoms with Gasteiger partial charge < -0.3 is 15.0 Å². The molecule has 1 unspecified atom stereocenters. The Hall–Kier alpha value is -2.77. The van der Waals surface area contributed by atoms with Crippen molar-refractivity contribution in [1.29, 1.82) is 0 Å². The summed E-state index contributed by atoms with van der Waals surface area (Å²) in [6.07, 6.45) is 3.21. The van der Waals surface area contributed by atoms with Crippen LogP contribution in [0.5, 0.6) is 6.01 Å². The molecular weight excluding hydrogens is 318 g/mol. The van der Waals surface area contributed by atoms with Crippen LogP contribution in [-0.2, 0) is 0 Å². The molecule has 1 fully saturated rings. The SMILES string of the molecule is O=C(Nc1ccccc1F)N1CCCC(Oc2ncc(F)cn2)C1. The molecule has 1 aromatic carbocycles. The number of urea groups is 1. The number of likely N-dealkylation sites (tertiary alicyclic amines) is 1. The first-order valence-electron chi connectivity index (χ1n) is 7.56. The first-order valence-corrected chi connectivity index (χ1v) is 7.56. The molecule has 0 radical (unpaired) electrons. The number of aromatic nitrogens is 2.